The van der Waals surface area contributed by atoms with E-state index in [2.05, 4.69) is 15.9 Å². The number of hydrogen-bond acceptors (Lipinski definition) is 4. The van der Waals surface area contributed by atoms with E-state index in [9.17, 15) is 28.6 Å². The van der Waals surface area contributed by atoms with Gasteiger partial charge in [0.1, 0.15) is 11.3 Å². The zero-order chi connectivity index (χ0) is 20.2. The van der Waals surface area contributed by atoms with Crippen molar-refractivity contribution in [3.63, 3.8) is 0 Å². The first-order chi connectivity index (χ1) is 13.3. The topological polar surface area (TPSA) is 87.7 Å². The van der Waals surface area contributed by atoms with Crippen LogP contribution in [0.25, 0.3) is 33.4 Å². The summed E-state index contributed by atoms with van der Waals surface area (Å²) in [5.41, 5.74) is -0.597. The van der Waals surface area contributed by atoms with Crippen LogP contribution in [0.5, 0.6) is 5.75 Å². The Hall–Kier alpha value is -3.26. The van der Waals surface area contributed by atoms with Crippen LogP contribution >= 0.6 is 15.9 Å². The van der Waals surface area contributed by atoms with Gasteiger partial charge in [-0.1, -0.05) is 22.0 Å². The maximum atomic E-state index is 14.1. The molecular weight excluding hydrogens is 438 g/mol. The number of aromatic hydroxyl groups is 1. The minimum Gasteiger partial charge on any atom is -0.505 e. The first kappa shape index (κ1) is 18.1. The van der Waals surface area contributed by atoms with Crippen molar-refractivity contribution in [1.29, 1.82) is 0 Å². The Kier molecular flexibility index (Phi) is 4.15. The molecule has 2 aromatic carbocycles. The monoisotopic (exact) mass is 446 g/mol. The van der Waals surface area contributed by atoms with Crippen LogP contribution in [0.3, 0.4) is 0 Å². The van der Waals surface area contributed by atoms with Gasteiger partial charge in [-0.3, -0.25) is 4.79 Å². The molecule has 4 rings (SSSR count). The highest BCUT2D eigenvalue weighted by Crippen LogP contribution is 2.43. The lowest BCUT2D eigenvalue weighted by Gasteiger charge is -2.17. The molecule has 0 amide bonds. The third kappa shape index (κ3) is 2.82. The van der Waals surface area contributed by atoms with E-state index in [0.717, 1.165) is 24.3 Å². The van der Waals surface area contributed by atoms with Gasteiger partial charge in [0, 0.05) is 33.1 Å². The second-order valence-electron chi connectivity index (χ2n) is 6.05. The van der Waals surface area contributed by atoms with Crippen LogP contribution in [-0.4, -0.2) is 16.2 Å². The summed E-state index contributed by atoms with van der Waals surface area (Å²) in [6.45, 7) is 0. The molecule has 2 aromatic rings. The number of hydrogen-bond donors (Lipinski definition) is 2. The molecule has 1 heterocycles. The number of phenolic OH excluding ortho intramolecular Hbond substituents is 1. The Balaban J connectivity index is 2.26. The van der Waals surface area contributed by atoms with Gasteiger partial charge in [0.15, 0.2) is 17.4 Å². The predicted octanol–water partition coefficient (Wildman–Crippen LogP) is 5.01. The van der Waals surface area contributed by atoms with Crippen LogP contribution in [0.4, 0.5) is 8.78 Å². The quantitative estimate of drug-likeness (QED) is 0.422. The SMILES string of the molecule is O=C(O)c1cc(Br)ccc1-c1c2cc(F)c(=O)cc-2oc2cc(O)c(F)cc12. The zero-order valence-corrected chi connectivity index (χ0v) is 15.4. The molecule has 0 saturated carbocycles. The van der Waals surface area contributed by atoms with Gasteiger partial charge in [0.2, 0.25) is 5.43 Å². The summed E-state index contributed by atoms with van der Waals surface area (Å²) >= 11 is 3.20. The van der Waals surface area contributed by atoms with Crippen molar-refractivity contribution >= 4 is 32.9 Å². The number of carboxylic acids is 1. The molecule has 1 aliphatic carbocycles. The molecule has 0 saturated heterocycles. The van der Waals surface area contributed by atoms with E-state index in [1.165, 1.54) is 12.1 Å². The lowest BCUT2D eigenvalue weighted by atomic mass is 9.90. The van der Waals surface area contributed by atoms with E-state index in [4.69, 9.17) is 4.42 Å². The first-order valence-corrected chi connectivity index (χ1v) is 8.67. The van der Waals surface area contributed by atoms with Gasteiger partial charge >= 0.3 is 5.97 Å². The third-order valence-electron chi connectivity index (χ3n) is 4.32. The summed E-state index contributed by atoms with van der Waals surface area (Å²) < 4.78 is 34.1. The van der Waals surface area contributed by atoms with Crippen LogP contribution in [0.2, 0.25) is 0 Å². The molecule has 140 valence electrons. The van der Waals surface area contributed by atoms with E-state index >= 15 is 0 Å². The molecule has 28 heavy (non-hydrogen) atoms. The van der Waals surface area contributed by atoms with Gasteiger partial charge in [0.05, 0.1) is 5.56 Å². The van der Waals surface area contributed by atoms with Crippen molar-refractivity contribution in [2.24, 2.45) is 0 Å². The zero-order valence-electron chi connectivity index (χ0n) is 13.8. The maximum Gasteiger partial charge on any atom is 0.336 e. The number of fused-ring (bicyclic) bond motifs is 2. The number of aromatic carboxylic acids is 1. The van der Waals surface area contributed by atoms with Gasteiger partial charge in [-0.2, -0.15) is 0 Å². The Labute approximate surface area is 163 Å². The molecule has 0 aromatic heterocycles. The minimum absolute atomic E-state index is 0.00617. The Morgan fingerprint density at radius 2 is 1.75 bits per heavy atom. The normalized spacial score (nSPS) is 11.2. The van der Waals surface area contributed by atoms with Gasteiger partial charge < -0.3 is 14.6 Å². The van der Waals surface area contributed by atoms with Crippen molar-refractivity contribution in [2.45, 2.75) is 0 Å². The summed E-state index contributed by atoms with van der Waals surface area (Å²) in [7, 11) is 0. The third-order valence-corrected chi connectivity index (χ3v) is 4.82. The van der Waals surface area contributed by atoms with Crippen LogP contribution in [0.1, 0.15) is 10.4 Å². The highest BCUT2D eigenvalue weighted by Gasteiger charge is 2.24. The van der Waals surface area contributed by atoms with Crippen molar-refractivity contribution in [3.05, 3.63) is 74.4 Å². The fourth-order valence-electron chi connectivity index (χ4n) is 3.10. The molecule has 0 atom stereocenters. The number of halogens is 3. The highest BCUT2D eigenvalue weighted by atomic mass is 79.9. The minimum atomic E-state index is -1.25. The van der Waals surface area contributed by atoms with E-state index in [1.54, 1.807) is 6.07 Å². The lowest BCUT2D eigenvalue weighted by Crippen LogP contribution is -2.07. The molecule has 0 spiro atoms. The standard InChI is InChI=1S/C20H9BrF2O5/c21-8-1-2-9(10(3-8)20(26)27)19-11-4-13(22)15(24)6-17(11)28-18-7-16(25)14(23)5-12(18)19/h1-7,24H,(H,26,27). The van der Waals surface area contributed by atoms with Gasteiger partial charge in [-0.05, 0) is 29.8 Å². The molecule has 0 unspecified atom stereocenters. The van der Waals surface area contributed by atoms with Crippen LogP contribution < -0.4 is 5.43 Å². The van der Waals surface area contributed by atoms with Crippen LogP contribution in [0, 0.1) is 11.6 Å². The van der Waals surface area contributed by atoms with E-state index in [1.807, 2.05) is 0 Å². The van der Waals surface area contributed by atoms with Crippen LogP contribution in [0.15, 0.2) is 56.1 Å². The lowest BCUT2D eigenvalue weighted by molar-refractivity contribution is 0.0697. The van der Waals surface area contributed by atoms with Crippen molar-refractivity contribution in [3.8, 4) is 28.2 Å². The van der Waals surface area contributed by atoms with E-state index in [-0.39, 0.29) is 39.0 Å². The van der Waals surface area contributed by atoms with E-state index < -0.39 is 28.8 Å². The maximum absolute atomic E-state index is 14.1. The summed E-state index contributed by atoms with van der Waals surface area (Å²) in [4.78, 5) is 23.5. The predicted molar refractivity (Wildman–Crippen MR) is 101 cm³/mol. The average Bonchev–Trinajstić information content (AvgIpc) is 2.63. The Morgan fingerprint density at radius 3 is 2.46 bits per heavy atom. The Bertz CT molecular complexity index is 1310. The fourth-order valence-corrected chi connectivity index (χ4v) is 3.46. The largest absolute Gasteiger partial charge is 0.505 e. The van der Waals surface area contributed by atoms with Crippen molar-refractivity contribution < 1.29 is 28.2 Å². The second kappa shape index (κ2) is 6.42. The molecule has 0 radical (unpaired) electrons. The number of phenols is 1. The Morgan fingerprint density at radius 1 is 1.00 bits per heavy atom. The highest BCUT2D eigenvalue weighted by molar-refractivity contribution is 9.10. The first-order valence-electron chi connectivity index (χ1n) is 7.88. The summed E-state index contributed by atoms with van der Waals surface area (Å²) in [6.07, 6.45) is 0. The number of carboxylic acid groups (broad SMARTS) is 1. The molecule has 5 nitrogen and oxygen atoms in total. The molecule has 8 heteroatoms. The van der Waals surface area contributed by atoms with E-state index in [0.29, 0.717) is 4.47 Å². The number of carbonyl (C=O) groups is 1. The van der Waals surface area contributed by atoms with Crippen molar-refractivity contribution in [2.75, 3.05) is 0 Å². The number of benzene rings is 3. The summed E-state index contributed by atoms with van der Waals surface area (Å²) in [6, 6.07) is 8.25. The molecule has 1 aliphatic heterocycles. The number of rotatable bonds is 2. The van der Waals surface area contributed by atoms with Gasteiger partial charge in [0.25, 0.3) is 0 Å². The van der Waals surface area contributed by atoms with Gasteiger partial charge in [-0.15, -0.1) is 0 Å². The van der Waals surface area contributed by atoms with Crippen molar-refractivity contribution in [1.82, 2.24) is 0 Å². The molecule has 2 aliphatic rings. The summed E-state index contributed by atoms with van der Waals surface area (Å²) in [5, 5.41) is 19.4. The molecule has 2 N–H and O–H groups in total. The summed E-state index contributed by atoms with van der Waals surface area (Å²) in [5.74, 6) is -3.98. The van der Waals surface area contributed by atoms with Gasteiger partial charge in [-0.25, -0.2) is 13.6 Å². The fraction of sp³-hybridized carbons (Fsp3) is 0. The molecule has 0 bridgehead atoms. The van der Waals surface area contributed by atoms with Crippen LogP contribution in [-0.2, 0) is 0 Å². The second-order valence-corrected chi connectivity index (χ2v) is 6.97. The average molecular weight is 447 g/mol. The molecular formula is C20H9BrF2O5. The smallest absolute Gasteiger partial charge is 0.336 e. The molecule has 0 fully saturated rings.